The van der Waals surface area contributed by atoms with Gasteiger partial charge in [-0.05, 0) is 23.6 Å². The molecule has 1 aliphatic heterocycles. The smallest absolute Gasteiger partial charge is 0.103 e. The monoisotopic (exact) mass is 287 g/mol. The van der Waals surface area contributed by atoms with Crippen molar-refractivity contribution in [1.29, 1.82) is 0 Å². The quantitative estimate of drug-likeness (QED) is 0.935. The Bertz CT molecular complexity index is 587. The first kappa shape index (κ1) is 13.6. The summed E-state index contributed by atoms with van der Waals surface area (Å²) in [7, 11) is 0. The first-order valence-corrected chi connectivity index (χ1v) is 7.29. The zero-order valence-electron chi connectivity index (χ0n) is 11.3. The number of likely N-dealkylation sites (tertiary alicyclic amines) is 1. The minimum Gasteiger partial charge on any atom is -0.384 e. The molecule has 3 rings (SSSR count). The molecule has 3 heteroatoms. The van der Waals surface area contributed by atoms with E-state index in [1.54, 1.807) is 0 Å². The number of hydrogen-bond donors (Lipinski definition) is 1. The van der Waals surface area contributed by atoms with Crippen LogP contribution in [0.5, 0.6) is 0 Å². The SMILES string of the molecule is OC1(c2ccccc2)CCN(Cc2ccccc2Cl)C1. The van der Waals surface area contributed by atoms with Crippen LogP contribution in [0.15, 0.2) is 54.6 Å². The Kier molecular flexibility index (Phi) is 3.79. The minimum absolute atomic E-state index is 0.655. The lowest BCUT2D eigenvalue weighted by Gasteiger charge is -2.24. The van der Waals surface area contributed by atoms with Gasteiger partial charge in [0, 0.05) is 24.7 Å². The van der Waals surface area contributed by atoms with E-state index in [1.807, 2.05) is 54.6 Å². The molecule has 1 saturated heterocycles. The van der Waals surface area contributed by atoms with E-state index >= 15 is 0 Å². The summed E-state index contributed by atoms with van der Waals surface area (Å²) in [6, 6.07) is 17.8. The number of aliphatic hydroxyl groups is 1. The first-order valence-electron chi connectivity index (χ1n) is 6.91. The number of nitrogens with zero attached hydrogens (tertiary/aromatic N) is 1. The Labute approximate surface area is 124 Å². The molecule has 0 bridgehead atoms. The van der Waals surface area contributed by atoms with Crippen LogP contribution >= 0.6 is 11.6 Å². The molecular formula is C17H18ClNO. The van der Waals surface area contributed by atoms with Gasteiger partial charge in [0.25, 0.3) is 0 Å². The third-order valence-corrected chi connectivity index (χ3v) is 4.36. The lowest BCUT2D eigenvalue weighted by Crippen LogP contribution is -2.30. The highest BCUT2D eigenvalue weighted by Gasteiger charge is 2.37. The summed E-state index contributed by atoms with van der Waals surface area (Å²) < 4.78 is 0. The molecule has 0 aromatic heterocycles. The van der Waals surface area contributed by atoms with Crippen molar-refractivity contribution in [1.82, 2.24) is 4.90 Å². The van der Waals surface area contributed by atoms with Crippen LogP contribution in [0.3, 0.4) is 0 Å². The second-order valence-electron chi connectivity index (χ2n) is 5.45. The summed E-state index contributed by atoms with van der Waals surface area (Å²) in [4.78, 5) is 2.26. The maximum Gasteiger partial charge on any atom is 0.103 e. The summed E-state index contributed by atoms with van der Waals surface area (Å²) >= 11 is 6.20. The standard InChI is InChI=1S/C17H18ClNO/c18-16-9-5-4-6-14(16)12-19-11-10-17(20,13-19)15-7-2-1-3-8-15/h1-9,20H,10-13H2. The van der Waals surface area contributed by atoms with Gasteiger partial charge in [0.15, 0.2) is 0 Å². The second-order valence-corrected chi connectivity index (χ2v) is 5.86. The number of benzene rings is 2. The van der Waals surface area contributed by atoms with Crippen LogP contribution in [0.4, 0.5) is 0 Å². The Hall–Kier alpha value is -1.35. The van der Waals surface area contributed by atoms with Crippen LogP contribution < -0.4 is 0 Å². The van der Waals surface area contributed by atoms with E-state index in [1.165, 1.54) is 0 Å². The zero-order valence-corrected chi connectivity index (χ0v) is 12.1. The second kappa shape index (κ2) is 5.57. The van der Waals surface area contributed by atoms with Crippen molar-refractivity contribution in [2.45, 2.75) is 18.6 Å². The van der Waals surface area contributed by atoms with Crippen molar-refractivity contribution in [3.63, 3.8) is 0 Å². The van der Waals surface area contributed by atoms with Crippen molar-refractivity contribution in [2.24, 2.45) is 0 Å². The van der Waals surface area contributed by atoms with Crippen molar-refractivity contribution in [3.05, 3.63) is 70.7 Å². The topological polar surface area (TPSA) is 23.5 Å². The van der Waals surface area contributed by atoms with Crippen molar-refractivity contribution >= 4 is 11.6 Å². The molecule has 1 N–H and O–H groups in total. The molecule has 2 aromatic rings. The molecule has 1 fully saturated rings. The molecule has 0 spiro atoms. The van der Waals surface area contributed by atoms with Gasteiger partial charge in [-0.15, -0.1) is 0 Å². The van der Waals surface area contributed by atoms with E-state index in [-0.39, 0.29) is 0 Å². The molecule has 2 aromatic carbocycles. The van der Waals surface area contributed by atoms with Crippen LogP contribution in [0.25, 0.3) is 0 Å². The van der Waals surface area contributed by atoms with E-state index < -0.39 is 5.60 Å². The summed E-state index contributed by atoms with van der Waals surface area (Å²) in [5.41, 5.74) is 1.39. The highest BCUT2D eigenvalue weighted by atomic mass is 35.5. The Morgan fingerprint density at radius 2 is 1.75 bits per heavy atom. The molecule has 1 heterocycles. The summed E-state index contributed by atoms with van der Waals surface area (Å²) in [6.45, 7) is 2.33. The number of β-amino-alcohol motifs (C(OH)–C–C–N with tert-alkyl or cyclic N) is 1. The average molecular weight is 288 g/mol. The molecule has 0 saturated carbocycles. The Balaban J connectivity index is 1.73. The van der Waals surface area contributed by atoms with Gasteiger partial charge in [-0.2, -0.15) is 0 Å². The number of hydrogen-bond acceptors (Lipinski definition) is 2. The molecule has 0 amide bonds. The molecule has 1 atom stereocenters. The molecule has 104 valence electrons. The fraction of sp³-hybridized carbons (Fsp3) is 0.294. The van der Waals surface area contributed by atoms with Crippen molar-refractivity contribution in [3.8, 4) is 0 Å². The van der Waals surface area contributed by atoms with Gasteiger partial charge in [0.1, 0.15) is 5.60 Å². The Morgan fingerprint density at radius 3 is 2.50 bits per heavy atom. The van der Waals surface area contributed by atoms with Crippen molar-refractivity contribution in [2.75, 3.05) is 13.1 Å². The van der Waals surface area contributed by atoms with Crippen LogP contribution in [-0.4, -0.2) is 23.1 Å². The maximum atomic E-state index is 10.8. The van der Waals surface area contributed by atoms with Gasteiger partial charge in [-0.1, -0.05) is 60.1 Å². The summed E-state index contributed by atoms with van der Waals surface area (Å²) in [5.74, 6) is 0. The predicted octanol–water partition coefficient (Wildman–Crippen LogP) is 3.43. The predicted molar refractivity (Wildman–Crippen MR) is 81.7 cm³/mol. The summed E-state index contributed by atoms with van der Waals surface area (Å²) in [6.07, 6.45) is 0.765. The van der Waals surface area contributed by atoms with E-state index in [0.717, 1.165) is 35.7 Å². The van der Waals surface area contributed by atoms with E-state index in [2.05, 4.69) is 4.90 Å². The van der Waals surface area contributed by atoms with Gasteiger partial charge in [0.05, 0.1) is 0 Å². The number of rotatable bonds is 3. The lowest BCUT2D eigenvalue weighted by atomic mass is 9.93. The van der Waals surface area contributed by atoms with E-state index in [0.29, 0.717) is 6.54 Å². The van der Waals surface area contributed by atoms with Gasteiger partial charge in [-0.3, -0.25) is 4.90 Å². The van der Waals surface area contributed by atoms with Gasteiger partial charge < -0.3 is 5.11 Å². The fourth-order valence-electron chi connectivity index (χ4n) is 2.86. The third kappa shape index (κ3) is 2.73. The molecule has 1 aliphatic rings. The molecule has 20 heavy (non-hydrogen) atoms. The van der Waals surface area contributed by atoms with Crippen molar-refractivity contribution < 1.29 is 5.11 Å². The number of halogens is 1. The van der Waals surface area contributed by atoms with E-state index in [9.17, 15) is 5.11 Å². The maximum absolute atomic E-state index is 10.8. The minimum atomic E-state index is -0.734. The largest absolute Gasteiger partial charge is 0.384 e. The fourth-order valence-corrected chi connectivity index (χ4v) is 3.05. The van der Waals surface area contributed by atoms with E-state index in [4.69, 9.17) is 11.6 Å². The molecule has 2 nitrogen and oxygen atoms in total. The third-order valence-electron chi connectivity index (χ3n) is 3.99. The first-order chi connectivity index (χ1) is 9.67. The van der Waals surface area contributed by atoms with Crippen LogP contribution in [-0.2, 0) is 12.1 Å². The Morgan fingerprint density at radius 1 is 1.05 bits per heavy atom. The van der Waals surface area contributed by atoms with Gasteiger partial charge >= 0.3 is 0 Å². The van der Waals surface area contributed by atoms with Gasteiger partial charge in [0.2, 0.25) is 0 Å². The molecule has 0 aliphatic carbocycles. The lowest BCUT2D eigenvalue weighted by molar-refractivity contribution is 0.0453. The zero-order chi connectivity index (χ0) is 14.0. The van der Waals surface area contributed by atoms with Crippen LogP contribution in [0, 0.1) is 0 Å². The average Bonchev–Trinajstić information content (AvgIpc) is 2.85. The molecule has 1 unspecified atom stereocenters. The highest BCUT2D eigenvalue weighted by molar-refractivity contribution is 6.31. The normalized spacial score (nSPS) is 23.1. The van der Waals surface area contributed by atoms with Crippen LogP contribution in [0.1, 0.15) is 17.5 Å². The van der Waals surface area contributed by atoms with Crippen LogP contribution in [0.2, 0.25) is 5.02 Å². The van der Waals surface area contributed by atoms with Gasteiger partial charge in [-0.25, -0.2) is 0 Å². The molecule has 0 radical (unpaired) electrons. The molecular weight excluding hydrogens is 270 g/mol. The highest BCUT2D eigenvalue weighted by Crippen LogP contribution is 2.33. The summed E-state index contributed by atoms with van der Waals surface area (Å²) in [5, 5.41) is 11.6.